The van der Waals surface area contributed by atoms with Gasteiger partial charge in [-0.1, -0.05) is 6.58 Å². The van der Waals surface area contributed by atoms with Gasteiger partial charge in [0.25, 0.3) is 0 Å². The molecule has 0 heterocycles. The molecular weight excluding hydrogens is 187 g/mol. The van der Waals surface area contributed by atoms with Crippen LogP contribution in [-0.4, -0.2) is 23.5 Å². The topological polar surface area (TPSA) is 29.5 Å². The van der Waals surface area contributed by atoms with Gasteiger partial charge in [-0.25, -0.2) is 8.78 Å². The summed E-state index contributed by atoms with van der Waals surface area (Å²) in [6, 6.07) is 0. The Morgan fingerprint density at radius 3 is 2.00 bits per heavy atom. The molecule has 12 heavy (non-hydrogen) atoms. The average molecular weight is 192 g/mol. The first-order valence-electron chi connectivity index (χ1n) is 2.61. The molecule has 0 aromatic rings. The maximum Gasteiger partial charge on any atom is 0.464 e. The highest BCUT2D eigenvalue weighted by atomic mass is 19.3. The first kappa shape index (κ1) is 11.2. The summed E-state index contributed by atoms with van der Waals surface area (Å²) in [6.07, 6.45) is -9.23. The lowest BCUT2D eigenvalue weighted by Gasteiger charge is -2.25. The van der Waals surface area contributed by atoms with E-state index in [-0.39, 0.29) is 6.26 Å². The summed E-state index contributed by atoms with van der Waals surface area (Å²) in [5.41, 5.74) is 0. The monoisotopic (exact) mass is 192 g/mol. The highest BCUT2D eigenvalue weighted by Gasteiger charge is 2.63. The molecule has 0 bridgehead atoms. The second kappa shape index (κ2) is 3.26. The van der Waals surface area contributed by atoms with Crippen LogP contribution in [0.4, 0.5) is 22.0 Å². The average Bonchev–Trinajstić information content (AvgIpc) is 1.86. The molecule has 0 saturated heterocycles. The smallest absolute Gasteiger partial charge is 0.437 e. The Morgan fingerprint density at radius 1 is 1.33 bits per heavy atom. The molecule has 0 aromatic carbocycles. The Labute approximate surface area is 64.2 Å². The summed E-state index contributed by atoms with van der Waals surface area (Å²) in [4.78, 5) is 0. The van der Waals surface area contributed by atoms with E-state index >= 15 is 0 Å². The molecule has 0 radical (unpaired) electrons. The van der Waals surface area contributed by atoms with E-state index in [0.717, 1.165) is 0 Å². The van der Waals surface area contributed by atoms with E-state index in [4.69, 9.17) is 5.11 Å². The van der Waals surface area contributed by atoms with Gasteiger partial charge >= 0.3 is 18.4 Å². The molecule has 0 aliphatic carbocycles. The third-order valence-electron chi connectivity index (χ3n) is 0.929. The van der Waals surface area contributed by atoms with Gasteiger partial charge in [0.2, 0.25) is 0 Å². The highest BCUT2D eigenvalue weighted by Crippen LogP contribution is 2.36. The molecule has 0 rings (SSSR count). The van der Waals surface area contributed by atoms with Gasteiger partial charge in [-0.15, -0.1) is 0 Å². The third kappa shape index (κ3) is 1.84. The van der Waals surface area contributed by atoms with Gasteiger partial charge in [0.05, 0.1) is 6.26 Å². The number of halogens is 5. The van der Waals surface area contributed by atoms with Crippen LogP contribution in [0.5, 0.6) is 0 Å². The lowest BCUT2D eigenvalue weighted by Crippen LogP contribution is -2.50. The first-order valence-corrected chi connectivity index (χ1v) is 2.61. The molecule has 2 nitrogen and oxygen atoms in total. The van der Waals surface area contributed by atoms with Gasteiger partial charge in [0, 0.05) is 0 Å². The fraction of sp³-hybridized carbons (Fsp3) is 0.600. The first-order chi connectivity index (χ1) is 5.25. The van der Waals surface area contributed by atoms with Crippen LogP contribution in [0.3, 0.4) is 0 Å². The van der Waals surface area contributed by atoms with Gasteiger partial charge in [-0.3, -0.25) is 0 Å². The van der Waals surface area contributed by atoms with Crippen molar-refractivity contribution in [2.24, 2.45) is 0 Å². The summed E-state index contributed by atoms with van der Waals surface area (Å²) in [5.74, 6) is -5.01. The normalized spacial score (nSPS) is 17.2. The van der Waals surface area contributed by atoms with Crippen molar-refractivity contribution in [2.75, 3.05) is 0 Å². The maximum absolute atomic E-state index is 12.1. The number of rotatable bonds is 4. The lowest BCUT2D eigenvalue weighted by atomic mass is 10.3. The van der Waals surface area contributed by atoms with Gasteiger partial charge in [0.15, 0.2) is 0 Å². The summed E-state index contributed by atoms with van der Waals surface area (Å²) in [7, 11) is 0. The minimum Gasteiger partial charge on any atom is -0.437 e. The predicted octanol–water partition coefficient (Wildman–Crippen LogP) is 1.66. The van der Waals surface area contributed by atoms with E-state index in [2.05, 4.69) is 11.3 Å². The summed E-state index contributed by atoms with van der Waals surface area (Å²) >= 11 is 0. The molecule has 1 N–H and O–H groups in total. The molecule has 7 heteroatoms. The van der Waals surface area contributed by atoms with E-state index in [0.29, 0.717) is 0 Å². The quantitative estimate of drug-likeness (QED) is 0.542. The molecule has 0 amide bonds. The van der Waals surface area contributed by atoms with Crippen LogP contribution < -0.4 is 0 Å². The van der Waals surface area contributed by atoms with Crippen LogP contribution in [0.1, 0.15) is 0 Å². The van der Waals surface area contributed by atoms with Crippen molar-refractivity contribution in [2.45, 2.75) is 18.4 Å². The number of aliphatic hydroxyl groups is 1. The van der Waals surface area contributed by atoms with Crippen molar-refractivity contribution in [3.63, 3.8) is 0 Å². The Kier molecular flexibility index (Phi) is 3.03. The van der Waals surface area contributed by atoms with E-state index in [1.165, 1.54) is 0 Å². The van der Waals surface area contributed by atoms with Crippen LogP contribution in [-0.2, 0) is 4.74 Å². The summed E-state index contributed by atoms with van der Waals surface area (Å²) in [6.45, 7) is 2.59. The van der Waals surface area contributed by atoms with Crippen molar-refractivity contribution in [3.8, 4) is 0 Å². The molecule has 0 aliphatic rings. The van der Waals surface area contributed by atoms with E-state index < -0.39 is 18.4 Å². The van der Waals surface area contributed by atoms with Gasteiger partial charge < -0.3 is 9.84 Å². The Balaban J connectivity index is 4.61. The molecule has 1 unspecified atom stereocenters. The number of hydrogen-bond acceptors (Lipinski definition) is 2. The standard InChI is InChI=1S/C5H5F5O2/c1-2-12-5(9,10)4(8,11)3(6)7/h2-3,11H,1H2. The maximum atomic E-state index is 12.1. The van der Waals surface area contributed by atoms with Crippen LogP contribution in [0.15, 0.2) is 12.8 Å². The lowest BCUT2D eigenvalue weighted by molar-refractivity contribution is -0.384. The molecule has 0 aliphatic heterocycles. The molecule has 0 saturated carbocycles. The van der Waals surface area contributed by atoms with Crippen molar-refractivity contribution in [1.82, 2.24) is 0 Å². The molecule has 0 spiro atoms. The van der Waals surface area contributed by atoms with E-state index in [9.17, 15) is 22.0 Å². The molecule has 0 fully saturated rings. The zero-order valence-electron chi connectivity index (χ0n) is 5.61. The number of hydrogen-bond donors (Lipinski definition) is 1. The largest absolute Gasteiger partial charge is 0.464 e. The fourth-order valence-corrected chi connectivity index (χ4v) is 0.314. The second-order valence-electron chi connectivity index (χ2n) is 1.78. The minimum atomic E-state index is -5.01. The Bertz CT molecular complexity index is 167. The molecular formula is C5H5F5O2. The van der Waals surface area contributed by atoms with Gasteiger partial charge in [0.1, 0.15) is 0 Å². The molecule has 72 valence electrons. The van der Waals surface area contributed by atoms with Crippen LogP contribution in [0.25, 0.3) is 0 Å². The zero-order chi connectivity index (χ0) is 9.99. The molecule has 0 aromatic heterocycles. The zero-order valence-corrected chi connectivity index (χ0v) is 5.61. The SMILES string of the molecule is C=COC(F)(F)C(O)(F)C(F)F. The number of alkyl halides is 5. The third-order valence-corrected chi connectivity index (χ3v) is 0.929. The van der Waals surface area contributed by atoms with Crippen molar-refractivity contribution >= 4 is 0 Å². The van der Waals surface area contributed by atoms with E-state index in [1.807, 2.05) is 0 Å². The Morgan fingerprint density at radius 2 is 1.75 bits per heavy atom. The molecule has 1 atom stereocenters. The van der Waals surface area contributed by atoms with Crippen LogP contribution >= 0.6 is 0 Å². The fourth-order valence-electron chi connectivity index (χ4n) is 0.314. The van der Waals surface area contributed by atoms with E-state index in [1.54, 1.807) is 0 Å². The summed E-state index contributed by atoms with van der Waals surface area (Å²) in [5, 5.41) is 7.91. The predicted molar refractivity (Wildman–Crippen MR) is 28.3 cm³/mol. The van der Waals surface area contributed by atoms with Crippen molar-refractivity contribution < 1.29 is 31.8 Å². The minimum absolute atomic E-state index is 0.0485. The highest BCUT2D eigenvalue weighted by molar-refractivity contribution is 4.80. The summed E-state index contributed by atoms with van der Waals surface area (Å²) < 4.78 is 62.1. The number of ether oxygens (including phenoxy) is 1. The van der Waals surface area contributed by atoms with Crippen molar-refractivity contribution in [3.05, 3.63) is 12.8 Å². The van der Waals surface area contributed by atoms with Crippen LogP contribution in [0.2, 0.25) is 0 Å². The Hall–Kier alpha value is -0.850. The van der Waals surface area contributed by atoms with Crippen molar-refractivity contribution in [1.29, 1.82) is 0 Å². The second-order valence-corrected chi connectivity index (χ2v) is 1.78. The van der Waals surface area contributed by atoms with Crippen LogP contribution in [0, 0.1) is 0 Å². The van der Waals surface area contributed by atoms with Gasteiger partial charge in [-0.2, -0.15) is 13.2 Å². The van der Waals surface area contributed by atoms with Gasteiger partial charge in [-0.05, 0) is 0 Å².